The van der Waals surface area contributed by atoms with Gasteiger partial charge >= 0.3 is 6.09 Å². The van der Waals surface area contributed by atoms with Crippen LogP contribution in [-0.4, -0.2) is 98.8 Å². The van der Waals surface area contributed by atoms with Gasteiger partial charge in [-0.25, -0.2) is 13.2 Å². The van der Waals surface area contributed by atoms with Gasteiger partial charge in [0.05, 0.1) is 42.9 Å². The van der Waals surface area contributed by atoms with Gasteiger partial charge in [0.2, 0.25) is 10.0 Å². The van der Waals surface area contributed by atoms with Gasteiger partial charge in [-0.1, -0.05) is 56.7 Å². The van der Waals surface area contributed by atoms with Gasteiger partial charge in [0, 0.05) is 31.2 Å². The molecule has 2 fully saturated rings. The van der Waals surface area contributed by atoms with Crippen LogP contribution in [0.15, 0.2) is 59.5 Å². The fraction of sp³-hybridized carbons (Fsp3) is 0.588. The molecule has 2 aliphatic rings. The van der Waals surface area contributed by atoms with Crippen LogP contribution in [-0.2, 0) is 30.7 Å². The number of unbranched alkanes of at least 4 members (excludes halogenated alkanes) is 1. The number of aliphatic hydroxyl groups is 1. The van der Waals surface area contributed by atoms with Crippen LogP contribution in [0, 0.1) is 11.3 Å². The molecule has 4 rings (SSSR count). The molecule has 0 aromatic heterocycles. The first-order valence-corrected chi connectivity index (χ1v) is 18.0. The first-order chi connectivity index (χ1) is 22.8. The predicted molar refractivity (Wildman–Crippen MR) is 177 cm³/mol. The van der Waals surface area contributed by atoms with Gasteiger partial charge in [-0.2, -0.15) is 4.31 Å². The molecule has 0 aliphatic carbocycles. The monoisotopic (exact) mass is 689 g/mol. The normalized spacial score (nSPS) is 20.6. The molecule has 2 aromatic carbocycles. The Kier molecular flexibility index (Phi) is 13.1. The number of fused-ring (bicyclic) bond motifs is 1. The number of carbonyl (C=O) groups excluding carboxylic acids is 2. The second-order valence-corrected chi connectivity index (χ2v) is 15.2. The number of ether oxygens (including phenoxy) is 3. The highest BCUT2D eigenvalue weighted by atomic mass is 32.2. The molecule has 0 radical (unpaired) electrons. The number of alkyl carbamates (subject to hydrolysis) is 1. The lowest BCUT2D eigenvalue weighted by Gasteiger charge is -2.43. The first kappa shape index (κ1) is 37.4. The molecule has 2 amide bonds. The fourth-order valence-electron chi connectivity index (χ4n) is 6.58. The van der Waals surface area contributed by atoms with Crippen molar-refractivity contribution in [1.29, 1.82) is 0 Å². The lowest BCUT2D eigenvalue weighted by atomic mass is 9.87. The number of nitrogens with zero attached hydrogens (tertiary/aromatic N) is 2. The highest BCUT2D eigenvalue weighted by molar-refractivity contribution is 7.89. The molecule has 0 spiro atoms. The van der Waals surface area contributed by atoms with Gasteiger partial charge in [-0.15, -0.1) is 0 Å². The number of carboxylic acid groups (broad SMARTS) is 1. The van der Waals surface area contributed by atoms with Crippen LogP contribution in [0.25, 0.3) is 0 Å². The average Bonchev–Trinajstić information content (AvgIpc) is 3.66. The maximum Gasteiger partial charge on any atom is 0.407 e. The van der Waals surface area contributed by atoms with Crippen molar-refractivity contribution in [3.63, 3.8) is 0 Å². The highest BCUT2D eigenvalue weighted by Crippen LogP contribution is 2.36. The van der Waals surface area contributed by atoms with E-state index in [0.717, 1.165) is 10.5 Å². The number of anilines is 1. The smallest absolute Gasteiger partial charge is 0.407 e. The second kappa shape index (κ2) is 16.8. The summed E-state index contributed by atoms with van der Waals surface area (Å²) in [5.41, 5.74) is 6.44. The number of nitrogens with two attached hydrogens (primary N) is 1. The summed E-state index contributed by atoms with van der Waals surface area (Å²) in [5, 5.41) is 27.5. The molecule has 266 valence electrons. The quantitative estimate of drug-likeness (QED) is 0.165. The summed E-state index contributed by atoms with van der Waals surface area (Å²) >= 11 is 0. The zero-order valence-corrected chi connectivity index (χ0v) is 28.8. The molecule has 4 N–H and O–H groups in total. The number of aliphatic hydroxyl groups excluding tert-OH is 1. The van der Waals surface area contributed by atoms with Crippen molar-refractivity contribution < 1.29 is 42.4 Å². The average molecular weight is 690 g/mol. The van der Waals surface area contributed by atoms with E-state index in [0.29, 0.717) is 38.8 Å². The summed E-state index contributed by atoms with van der Waals surface area (Å²) in [6.07, 6.45) is -1.28. The molecular formula is C34H49N4O9S-. The van der Waals surface area contributed by atoms with Gasteiger partial charge < -0.3 is 45.2 Å². The van der Waals surface area contributed by atoms with E-state index in [9.17, 15) is 28.2 Å². The molecule has 0 unspecified atom stereocenters. The Hall–Kier alpha value is -3.43. The minimum atomic E-state index is -4.20. The summed E-state index contributed by atoms with van der Waals surface area (Å²) < 4.78 is 46.0. The Labute approximate surface area is 283 Å². The van der Waals surface area contributed by atoms with Crippen LogP contribution < -0.4 is 16.2 Å². The van der Waals surface area contributed by atoms with E-state index in [2.05, 4.69) is 5.32 Å². The molecule has 48 heavy (non-hydrogen) atoms. The number of benzene rings is 2. The van der Waals surface area contributed by atoms with Crippen molar-refractivity contribution >= 4 is 27.9 Å². The van der Waals surface area contributed by atoms with Crippen LogP contribution in [0.5, 0.6) is 0 Å². The number of sulfonamides is 1. The van der Waals surface area contributed by atoms with Crippen LogP contribution in [0.4, 0.5) is 15.3 Å². The van der Waals surface area contributed by atoms with E-state index in [1.54, 1.807) is 19.1 Å². The summed E-state index contributed by atoms with van der Waals surface area (Å²) in [6, 6.07) is 13.4. The minimum absolute atomic E-state index is 0.0287. The van der Waals surface area contributed by atoms with Crippen LogP contribution >= 0.6 is 0 Å². The Morgan fingerprint density at radius 2 is 1.90 bits per heavy atom. The molecule has 2 aliphatic heterocycles. The van der Waals surface area contributed by atoms with E-state index >= 15 is 0 Å². The third-order valence-electron chi connectivity index (χ3n) is 8.98. The van der Waals surface area contributed by atoms with Crippen molar-refractivity contribution in [2.24, 2.45) is 11.3 Å². The van der Waals surface area contributed by atoms with E-state index in [1.165, 1.54) is 16.4 Å². The lowest BCUT2D eigenvalue weighted by Crippen LogP contribution is -2.61. The maximum absolute atomic E-state index is 14.2. The summed E-state index contributed by atoms with van der Waals surface area (Å²) in [5.74, 6) is -0.238. The van der Waals surface area contributed by atoms with Crippen LogP contribution in [0.3, 0.4) is 0 Å². The topological polar surface area (TPSA) is 184 Å². The Morgan fingerprint density at radius 3 is 2.58 bits per heavy atom. The largest absolute Gasteiger partial charge is 0.530 e. The van der Waals surface area contributed by atoms with Crippen LogP contribution in [0.2, 0.25) is 0 Å². The molecular weight excluding hydrogens is 640 g/mol. The van der Waals surface area contributed by atoms with Gasteiger partial charge in [0.1, 0.15) is 6.09 Å². The Bertz CT molecular complexity index is 1460. The van der Waals surface area contributed by atoms with E-state index in [-0.39, 0.29) is 49.2 Å². The highest BCUT2D eigenvalue weighted by Gasteiger charge is 2.47. The molecule has 0 saturated carbocycles. The summed E-state index contributed by atoms with van der Waals surface area (Å²) in [7, 11) is -4.20. The number of amides is 2. The molecule has 13 nitrogen and oxygen atoms in total. The van der Waals surface area contributed by atoms with Crippen molar-refractivity contribution in [2.45, 2.75) is 82.2 Å². The van der Waals surface area contributed by atoms with Gasteiger partial charge in [0.15, 0.2) is 6.29 Å². The lowest BCUT2D eigenvalue weighted by molar-refractivity contribution is -0.273. The number of carbonyl (C=O) groups is 2. The van der Waals surface area contributed by atoms with Crippen molar-refractivity contribution in [3.05, 3.63) is 60.2 Å². The molecule has 2 aromatic rings. The molecule has 14 heteroatoms. The number of nitrogens with one attached hydrogen (secondary N) is 1. The van der Waals surface area contributed by atoms with E-state index in [1.807, 2.05) is 44.2 Å². The number of rotatable bonds is 17. The van der Waals surface area contributed by atoms with Crippen molar-refractivity contribution in [2.75, 3.05) is 45.2 Å². The fourth-order valence-corrected chi connectivity index (χ4v) is 8.28. The third kappa shape index (κ3) is 9.82. The Morgan fingerprint density at radius 1 is 1.15 bits per heavy atom. The molecule has 2 heterocycles. The van der Waals surface area contributed by atoms with E-state index in [4.69, 9.17) is 19.9 Å². The SMILES string of the molecule is CCOC(=O)NCCCCC(C)(C)CN(C[C@@H](O)[C@H](Cc1ccccc1)N(C(=O)[O-])[C@H]1CO[C@H]2OCC[C@H]21)S(=O)(=O)c1cccc(N)c1. The standard InChI is InChI=1S/C34H50N4O9S/c1-4-45-32(40)36-17-9-8-16-34(2,3)23-37(48(43,44)26-14-10-13-25(35)20-26)21-30(39)28(19-24-11-6-5-7-12-24)38(33(41)42)29-22-47-31-27(29)15-18-46-31/h5-7,10-14,20,27-31,39H,4,8-9,15-19,21-23,35H2,1-3H3,(H,36,40)(H,41,42)/p-1/t27-,28-,29-,30+,31+/m0/s1. The van der Waals surface area contributed by atoms with Crippen LogP contribution in [0.1, 0.15) is 52.0 Å². The zero-order valence-electron chi connectivity index (χ0n) is 28.0. The number of hydrogen-bond acceptors (Lipinski definition) is 10. The minimum Gasteiger partial charge on any atom is -0.530 e. The number of hydrogen-bond donors (Lipinski definition) is 3. The summed E-state index contributed by atoms with van der Waals surface area (Å²) in [6.45, 7) is 6.44. The van der Waals surface area contributed by atoms with Gasteiger partial charge in [-0.3, -0.25) is 0 Å². The van der Waals surface area contributed by atoms with Gasteiger partial charge in [0.25, 0.3) is 0 Å². The maximum atomic E-state index is 14.2. The van der Waals surface area contributed by atoms with Gasteiger partial charge in [-0.05, 0) is 61.8 Å². The van der Waals surface area contributed by atoms with Crippen molar-refractivity contribution in [1.82, 2.24) is 14.5 Å². The first-order valence-electron chi connectivity index (χ1n) is 16.5. The number of nitrogen functional groups attached to an aromatic ring is 1. The molecule has 5 atom stereocenters. The third-order valence-corrected chi connectivity index (χ3v) is 10.8. The second-order valence-electron chi connectivity index (χ2n) is 13.2. The molecule has 0 bridgehead atoms. The zero-order chi connectivity index (χ0) is 34.9. The predicted octanol–water partition coefficient (Wildman–Crippen LogP) is 2.58. The molecule has 2 saturated heterocycles. The summed E-state index contributed by atoms with van der Waals surface area (Å²) in [4.78, 5) is 25.6. The Balaban J connectivity index is 1.61. The van der Waals surface area contributed by atoms with E-state index < -0.39 is 52.1 Å². The van der Waals surface area contributed by atoms with Crippen molar-refractivity contribution in [3.8, 4) is 0 Å².